The van der Waals surface area contributed by atoms with Crippen molar-refractivity contribution in [1.29, 1.82) is 0 Å². The number of carboxylic acid groups (broad SMARTS) is 1. The minimum atomic E-state index is -0.735. The lowest BCUT2D eigenvalue weighted by atomic mass is 10.1. The van der Waals surface area contributed by atoms with Crippen molar-refractivity contribution in [1.82, 2.24) is 0 Å². The van der Waals surface area contributed by atoms with E-state index >= 15 is 0 Å². The second-order valence-electron chi connectivity index (χ2n) is 6.77. The van der Waals surface area contributed by atoms with Crippen molar-refractivity contribution < 1.29 is 15.0 Å². The summed E-state index contributed by atoms with van der Waals surface area (Å²) < 4.78 is 0. The molecule has 0 heterocycles. The molecule has 0 aliphatic heterocycles. The van der Waals surface area contributed by atoms with Gasteiger partial charge in [0, 0.05) is 6.42 Å². The van der Waals surface area contributed by atoms with E-state index in [0.29, 0.717) is 18.3 Å². The molecule has 3 heteroatoms. The number of unbranched alkanes of at least 4 members (excludes halogenated alkanes) is 4. The molecule has 0 aromatic rings. The Morgan fingerprint density at radius 2 is 1.83 bits per heavy atom. The Morgan fingerprint density at radius 3 is 2.58 bits per heavy atom. The van der Waals surface area contributed by atoms with Crippen molar-refractivity contribution in [3.8, 4) is 0 Å². The maximum Gasteiger partial charge on any atom is 0.303 e. The molecule has 0 saturated heterocycles. The molecule has 136 valence electrons. The van der Waals surface area contributed by atoms with Crippen molar-refractivity contribution in [3.63, 3.8) is 0 Å². The lowest BCUT2D eigenvalue weighted by Gasteiger charge is -2.03. The zero-order chi connectivity index (χ0) is 17.6. The fourth-order valence-electron chi connectivity index (χ4n) is 2.89. The topological polar surface area (TPSA) is 57.5 Å². The highest BCUT2D eigenvalue weighted by Gasteiger charge is 2.40. The summed E-state index contributed by atoms with van der Waals surface area (Å²) in [7, 11) is 0. The summed E-state index contributed by atoms with van der Waals surface area (Å²) in [6, 6.07) is 0. The summed E-state index contributed by atoms with van der Waals surface area (Å²) in [4.78, 5) is 10.4. The Morgan fingerprint density at radius 1 is 1.08 bits per heavy atom. The molecular formula is C21H34O3. The second kappa shape index (κ2) is 13.0. The molecule has 1 aliphatic carbocycles. The molecule has 1 saturated carbocycles. The smallest absolute Gasteiger partial charge is 0.303 e. The van der Waals surface area contributed by atoms with Gasteiger partial charge in [-0.25, -0.2) is 0 Å². The van der Waals surface area contributed by atoms with Crippen molar-refractivity contribution in [3.05, 3.63) is 36.5 Å². The molecule has 0 spiro atoms. The zero-order valence-electron chi connectivity index (χ0n) is 15.1. The van der Waals surface area contributed by atoms with E-state index in [2.05, 4.69) is 19.1 Å². The van der Waals surface area contributed by atoms with Crippen LogP contribution in [-0.4, -0.2) is 22.3 Å². The lowest BCUT2D eigenvalue weighted by molar-refractivity contribution is -0.137. The van der Waals surface area contributed by atoms with Gasteiger partial charge >= 0.3 is 5.97 Å². The minimum Gasteiger partial charge on any atom is -0.481 e. The standard InChI is InChI=1S/C21H34O3/c1-2-3-4-5-8-11-14-18-17-19(18)20(22)15-12-9-6-7-10-13-16-21(23)24/h6-8,11-12,15,18-20,22H,2-5,9-10,13-14,16-17H2,1H3,(H,23,24)/b7-6-,11-8-,15-12-/t18?,19?,20-/m1/s1. The Hall–Kier alpha value is -1.35. The third-order valence-corrected chi connectivity index (χ3v) is 4.53. The maximum absolute atomic E-state index is 10.4. The van der Waals surface area contributed by atoms with E-state index in [0.717, 1.165) is 25.7 Å². The Kier molecular flexibility index (Phi) is 11.2. The van der Waals surface area contributed by atoms with E-state index in [1.54, 1.807) is 0 Å². The first-order valence-corrected chi connectivity index (χ1v) is 9.51. The van der Waals surface area contributed by atoms with Gasteiger partial charge in [0.15, 0.2) is 0 Å². The highest BCUT2D eigenvalue weighted by Crippen LogP contribution is 2.44. The zero-order valence-corrected chi connectivity index (χ0v) is 15.1. The van der Waals surface area contributed by atoms with Gasteiger partial charge < -0.3 is 10.2 Å². The van der Waals surface area contributed by atoms with Gasteiger partial charge in [0.2, 0.25) is 0 Å². The molecule has 0 bridgehead atoms. The Labute approximate surface area is 147 Å². The highest BCUT2D eigenvalue weighted by molar-refractivity contribution is 5.66. The maximum atomic E-state index is 10.4. The largest absolute Gasteiger partial charge is 0.481 e. The van der Waals surface area contributed by atoms with Gasteiger partial charge in [0.05, 0.1) is 6.10 Å². The normalized spacial score (nSPS) is 21.9. The van der Waals surface area contributed by atoms with Crippen molar-refractivity contribution in [2.75, 3.05) is 0 Å². The molecule has 24 heavy (non-hydrogen) atoms. The SMILES string of the molecule is CCCCC/C=C\CC1CC1[C@H](O)/C=C\C/C=C\CCCC(=O)O. The van der Waals surface area contributed by atoms with Gasteiger partial charge in [-0.1, -0.05) is 56.2 Å². The number of carboxylic acids is 1. The number of aliphatic hydroxyl groups is 1. The molecule has 1 aliphatic rings. The molecule has 0 aromatic heterocycles. The third kappa shape index (κ3) is 10.4. The fourth-order valence-corrected chi connectivity index (χ4v) is 2.89. The quantitative estimate of drug-likeness (QED) is 0.336. The molecule has 3 atom stereocenters. The molecular weight excluding hydrogens is 300 g/mol. The van der Waals surface area contributed by atoms with Gasteiger partial charge in [0.1, 0.15) is 0 Å². The average Bonchev–Trinajstić information content (AvgIpc) is 3.32. The van der Waals surface area contributed by atoms with Crippen LogP contribution >= 0.6 is 0 Å². The first kappa shape index (κ1) is 20.7. The number of hydrogen-bond acceptors (Lipinski definition) is 2. The predicted octanol–water partition coefficient (Wildman–Crippen LogP) is 5.27. The summed E-state index contributed by atoms with van der Waals surface area (Å²) in [5, 5.41) is 18.7. The molecule has 1 rings (SSSR count). The van der Waals surface area contributed by atoms with Crippen LogP contribution in [0.1, 0.15) is 71.1 Å². The Bertz CT molecular complexity index is 423. The van der Waals surface area contributed by atoms with E-state index in [-0.39, 0.29) is 12.5 Å². The number of aliphatic carboxylic acids is 1. The van der Waals surface area contributed by atoms with E-state index in [1.807, 2.05) is 24.3 Å². The van der Waals surface area contributed by atoms with Gasteiger partial charge in [-0.15, -0.1) is 0 Å². The molecule has 0 aromatic carbocycles. The van der Waals surface area contributed by atoms with Crippen LogP contribution in [0.4, 0.5) is 0 Å². The average molecular weight is 335 g/mol. The van der Waals surface area contributed by atoms with Gasteiger partial charge in [-0.05, 0) is 56.8 Å². The lowest BCUT2D eigenvalue weighted by Crippen LogP contribution is -2.06. The summed E-state index contributed by atoms with van der Waals surface area (Å²) >= 11 is 0. The van der Waals surface area contributed by atoms with Crippen LogP contribution in [-0.2, 0) is 4.79 Å². The molecule has 2 unspecified atom stereocenters. The summed E-state index contributed by atoms with van der Waals surface area (Å²) in [6.07, 6.45) is 22.1. The van der Waals surface area contributed by atoms with Crippen molar-refractivity contribution >= 4 is 5.97 Å². The summed E-state index contributed by atoms with van der Waals surface area (Å²) in [5.41, 5.74) is 0. The van der Waals surface area contributed by atoms with Gasteiger partial charge in [0.25, 0.3) is 0 Å². The predicted molar refractivity (Wildman–Crippen MR) is 99.9 cm³/mol. The number of rotatable bonds is 14. The monoisotopic (exact) mass is 334 g/mol. The molecule has 0 radical (unpaired) electrons. The van der Waals surface area contributed by atoms with E-state index in [4.69, 9.17) is 5.11 Å². The Balaban J connectivity index is 2.04. The summed E-state index contributed by atoms with van der Waals surface area (Å²) in [5.74, 6) is 0.348. The number of aliphatic hydroxyl groups excluding tert-OH is 1. The van der Waals surface area contributed by atoms with Crippen LogP contribution in [0, 0.1) is 11.8 Å². The van der Waals surface area contributed by atoms with Gasteiger partial charge in [-0.2, -0.15) is 0 Å². The van der Waals surface area contributed by atoms with Crippen LogP contribution in [0.5, 0.6) is 0 Å². The molecule has 2 N–H and O–H groups in total. The third-order valence-electron chi connectivity index (χ3n) is 4.53. The van der Waals surface area contributed by atoms with Crippen LogP contribution in [0.2, 0.25) is 0 Å². The van der Waals surface area contributed by atoms with E-state index in [9.17, 15) is 9.90 Å². The van der Waals surface area contributed by atoms with Crippen LogP contribution < -0.4 is 0 Å². The first-order valence-electron chi connectivity index (χ1n) is 9.51. The second-order valence-corrected chi connectivity index (χ2v) is 6.77. The fraction of sp³-hybridized carbons (Fsp3) is 0.667. The minimum absolute atomic E-state index is 0.231. The molecule has 0 amide bonds. The van der Waals surface area contributed by atoms with E-state index in [1.165, 1.54) is 25.7 Å². The molecule has 3 nitrogen and oxygen atoms in total. The van der Waals surface area contributed by atoms with Crippen LogP contribution in [0.25, 0.3) is 0 Å². The molecule has 1 fully saturated rings. The van der Waals surface area contributed by atoms with Gasteiger partial charge in [-0.3, -0.25) is 4.79 Å². The highest BCUT2D eigenvalue weighted by atomic mass is 16.4. The summed E-state index contributed by atoms with van der Waals surface area (Å²) in [6.45, 7) is 2.22. The number of hydrogen-bond donors (Lipinski definition) is 2. The van der Waals surface area contributed by atoms with Crippen LogP contribution in [0.15, 0.2) is 36.5 Å². The van der Waals surface area contributed by atoms with Crippen molar-refractivity contribution in [2.24, 2.45) is 11.8 Å². The van der Waals surface area contributed by atoms with Crippen LogP contribution in [0.3, 0.4) is 0 Å². The first-order chi connectivity index (χ1) is 11.6. The number of allylic oxidation sites excluding steroid dienone is 5. The van der Waals surface area contributed by atoms with E-state index < -0.39 is 5.97 Å². The number of carbonyl (C=O) groups is 1. The van der Waals surface area contributed by atoms with Crippen molar-refractivity contribution in [2.45, 2.75) is 77.2 Å².